The van der Waals surface area contributed by atoms with Crippen LogP contribution in [0.15, 0.2) is 110 Å². The highest BCUT2D eigenvalue weighted by molar-refractivity contribution is 6.06. The SMILES string of the molecule is O=CN(c1ccc2[nH]ccc2c1)c1ccc2c(c1)ncn2-c1ccc(NC(=O)c2ccc3[nH]ccc3c2)cc1. The molecule has 0 unspecified atom stereocenters. The number of rotatable bonds is 6. The van der Waals surface area contributed by atoms with Crippen molar-refractivity contribution < 1.29 is 9.59 Å². The molecule has 7 aromatic rings. The van der Waals surface area contributed by atoms with Crippen LogP contribution in [0.2, 0.25) is 0 Å². The molecule has 7 rings (SSSR count). The summed E-state index contributed by atoms with van der Waals surface area (Å²) in [5.41, 5.74) is 7.39. The number of imidazole rings is 1. The zero-order valence-electron chi connectivity index (χ0n) is 20.6. The number of hydrogen-bond acceptors (Lipinski definition) is 3. The van der Waals surface area contributed by atoms with Crippen molar-refractivity contribution >= 4 is 62.2 Å². The van der Waals surface area contributed by atoms with Crippen LogP contribution in [0.1, 0.15) is 10.4 Å². The van der Waals surface area contributed by atoms with Gasteiger partial charge in [-0.2, -0.15) is 0 Å². The summed E-state index contributed by atoms with van der Waals surface area (Å²) in [4.78, 5) is 37.3. The zero-order chi connectivity index (χ0) is 26.3. The number of fused-ring (bicyclic) bond motifs is 3. The van der Waals surface area contributed by atoms with Gasteiger partial charge in [0.25, 0.3) is 5.91 Å². The van der Waals surface area contributed by atoms with Crippen LogP contribution in [0.5, 0.6) is 0 Å². The molecule has 188 valence electrons. The second-order valence-corrected chi connectivity index (χ2v) is 9.29. The summed E-state index contributed by atoms with van der Waals surface area (Å²) >= 11 is 0. The minimum atomic E-state index is -0.165. The Kier molecular flexibility index (Phi) is 5.23. The van der Waals surface area contributed by atoms with E-state index in [0.717, 1.165) is 56.3 Å². The molecule has 3 N–H and O–H groups in total. The van der Waals surface area contributed by atoms with Gasteiger partial charge in [0, 0.05) is 56.8 Å². The Balaban J connectivity index is 1.13. The first-order valence-corrected chi connectivity index (χ1v) is 12.4. The maximum atomic E-state index is 12.8. The number of anilines is 3. The van der Waals surface area contributed by atoms with Crippen molar-refractivity contribution in [2.24, 2.45) is 0 Å². The van der Waals surface area contributed by atoms with E-state index in [9.17, 15) is 9.59 Å². The molecule has 0 radical (unpaired) electrons. The largest absolute Gasteiger partial charge is 0.361 e. The van der Waals surface area contributed by atoms with Crippen LogP contribution in [-0.4, -0.2) is 31.8 Å². The van der Waals surface area contributed by atoms with E-state index in [1.165, 1.54) is 0 Å². The molecule has 0 fully saturated rings. The molecular formula is C31H22N6O2. The van der Waals surface area contributed by atoms with Crippen LogP contribution >= 0.6 is 0 Å². The Labute approximate surface area is 222 Å². The summed E-state index contributed by atoms with van der Waals surface area (Å²) in [5, 5.41) is 4.99. The van der Waals surface area contributed by atoms with Gasteiger partial charge in [-0.15, -0.1) is 0 Å². The highest BCUT2D eigenvalue weighted by Gasteiger charge is 2.13. The monoisotopic (exact) mass is 510 g/mol. The van der Waals surface area contributed by atoms with Gasteiger partial charge in [0.05, 0.1) is 16.7 Å². The highest BCUT2D eigenvalue weighted by atomic mass is 16.1. The first kappa shape index (κ1) is 22.6. The quantitative estimate of drug-likeness (QED) is 0.222. The predicted octanol–water partition coefficient (Wildman–Crippen LogP) is 6.53. The lowest BCUT2D eigenvalue weighted by Gasteiger charge is -2.18. The van der Waals surface area contributed by atoms with Crippen molar-refractivity contribution in [2.75, 3.05) is 10.2 Å². The Morgan fingerprint density at radius 1 is 0.795 bits per heavy atom. The van der Waals surface area contributed by atoms with Crippen molar-refractivity contribution in [1.29, 1.82) is 0 Å². The molecule has 0 atom stereocenters. The lowest BCUT2D eigenvalue weighted by atomic mass is 10.1. The summed E-state index contributed by atoms with van der Waals surface area (Å²) in [6, 6.07) is 28.7. The van der Waals surface area contributed by atoms with Gasteiger partial charge in [0.1, 0.15) is 6.33 Å². The van der Waals surface area contributed by atoms with E-state index >= 15 is 0 Å². The molecule has 0 aliphatic heterocycles. The van der Waals surface area contributed by atoms with E-state index in [1.54, 1.807) is 17.3 Å². The summed E-state index contributed by atoms with van der Waals surface area (Å²) in [6.07, 6.45) is 6.30. The third-order valence-corrected chi connectivity index (χ3v) is 6.95. The Morgan fingerprint density at radius 2 is 1.49 bits per heavy atom. The lowest BCUT2D eigenvalue weighted by Crippen LogP contribution is -2.13. The highest BCUT2D eigenvalue weighted by Crippen LogP contribution is 2.30. The van der Waals surface area contributed by atoms with E-state index in [1.807, 2.05) is 102 Å². The van der Waals surface area contributed by atoms with Gasteiger partial charge < -0.3 is 15.3 Å². The Hall–Kier alpha value is -5.63. The van der Waals surface area contributed by atoms with Crippen LogP contribution < -0.4 is 10.2 Å². The van der Waals surface area contributed by atoms with Crippen molar-refractivity contribution in [1.82, 2.24) is 19.5 Å². The van der Waals surface area contributed by atoms with E-state index < -0.39 is 0 Å². The number of benzene rings is 4. The molecule has 0 bridgehead atoms. The van der Waals surface area contributed by atoms with Crippen LogP contribution in [0, 0.1) is 0 Å². The third-order valence-electron chi connectivity index (χ3n) is 6.95. The van der Waals surface area contributed by atoms with Crippen molar-refractivity contribution in [3.8, 4) is 5.69 Å². The molecule has 39 heavy (non-hydrogen) atoms. The number of nitrogens with zero attached hydrogens (tertiary/aromatic N) is 3. The molecule has 8 heteroatoms. The smallest absolute Gasteiger partial charge is 0.255 e. The normalized spacial score (nSPS) is 11.3. The molecule has 0 spiro atoms. The number of aromatic amines is 2. The number of hydrogen-bond donors (Lipinski definition) is 3. The third kappa shape index (κ3) is 4.00. The van der Waals surface area contributed by atoms with Crippen LogP contribution in [-0.2, 0) is 4.79 Å². The summed E-state index contributed by atoms with van der Waals surface area (Å²) in [7, 11) is 0. The van der Waals surface area contributed by atoms with Crippen LogP contribution in [0.25, 0.3) is 38.5 Å². The van der Waals surface area contributed by atoms with Gasteiger partial charge in [0.2, 0.25) is 6.41 Å². The van der Waals surface area contributed by atoms with Crippen molar-refractivity contribution in [3.05, 3.63) is 115 Å². The predicted molar refractivity (Wildman–Crippen MR) is 154 cm³/mol. The fraction of sp³-hybridized carbons (Fsp3) is 0. The zero-order valence-corrected chi connectivity index (χ0v) is 20.6. The second kappa shape index (κ2) is 9.04. The molecule has 0 saturated heterocycles. The molecule has 3 aromatic heterocycles. The molecule has 0 aliphatic rings. The van der Waals surface area contributed by atoms with Gasteiger partial charge in [-0.1, -0.05) is 0 Å². The molecule has 0 aliphatic carbocycles. The fourth-order valence-electron chi connectivity index (χ4n) is 4.92. The maximum Gasteiger partial charge on any atom is 0.255 e. The van der Waals surface area contributed by atoms with Gasteiger partial charge in [0.15, 0.2) is 0 Å². The molecule has 4 aromatic carbocycles. The fourth-order valence-corrected chi connectivity index (χ4v) is 4.92. The molecular weight excluding hydrogens is 488 g/mol. The Bertz CT molecular complexity index is 2000. The first-order chi connectivity index (χ1) is 19.2. The number of aromatic nitrogens is 4. The average Bonchev–Trinajstić information content (AvgIpc) is 3.72. The minimum Gasteiger partial charge on any atom is -0.361 e. The van der Waals surface area contributed by atoms with E-state index in [2.05, 4.69) is 20.3 Å². The number of H-pyrrole nitrogens is 2. The number of amides is 2. The van der Waals surface area contributed by atoms with E-state index in [4.69, 9.17) is 0 Å². The summed E-state index contributed by atoms with van der Waals surface area (Å²) in [5.74, 6) is -0.165. The number of carbonyl (C=O) groups is 2. The number of carbonyl (C=O) groups excluding carboxylic acids is 2. The average molecular weight is 511 g/mol. The molecule has 2 amide bonds. The van der Waals surface area contributed by atoms with Crippen molar-refractivity contribution in [2.45, 2.75) is 0 Å². The Morgan fingerprint density at radius 3 is 2.26 bits per heavy atom. The van der Waals surface area contributed by atoms with E-state index in [-0.39, 0.29) is 5.91 Å². The van der Waals surface area contributed by atoms with E-state index in [0.29, 0.717) is 11.3 Å². The van der Waals surface area contributed by atoms with Gasteiger partial charge in [-0.05, 0) is 91.0 Å². The van der Waals surface area contributed by atoms with Gasteiger partial charge in [-0.25, -0.2) is 4.98 Å². The van der Waals surface area contributed by atoms with Gasteiger partial charge >= 0.3 is 0 Å². The molecule has 3 heterocycles. The summed E-state index contributed by atoms with van der Waals surface area (Å²) < 4.78 is 1.97. The molecule has 0 saturated carbocycles. The maximum absolute atomic E-state index is 12.8. The second-order valence-electron chi connectivity index (χ2n) is 9.29. The van der Waals surface area contributed by atoms with Crippen LogP contribution in [0.3, 0.4) is 0 Å². The summed E-state index contributed by atoms with van der Waals surface area (Å²) in [6.45, 7) is 0. The lowest BCUT2D eigenvalue weighted by molar-refractivity contribution is -0.106. The van der Waals surface area contributed by atoms with Gasteiger partial charge in [-0.3, -0.25) is 19.1 Å². The standard InChI is InChI=1S/C31H22N6O2/c38-19-37(25-6-9-28-21(16-25)12-14-33-28)26-7-10-30-29(17-26)34-18-36(30)24-4-2-23(3-5-24)35-31(39)22-1-8-27-20(15-22)11-13-32-27/h1-19,32-33H,(H,35,39). The molecule has 8 nitrogen and oxygen atoms in total. The topological polar surface area (TPSA) is 98.8 Å². The van der Waals surface area contributed by atoms with Crippen LogP contribution in [0.4, 0.5) is 17.1 Å². The minimum absolute atomic E-state index is 0.165. The first-order valence-electron chi connectivity index (χ1n) is 12.4. The van der Waals surface area contributed by atoms with Crippen molar-refractivity contribution in [3.63, 3.8) is 0 Å². The number of nitrogens with one attached hydrogen (secondary N) is 3.